The Hall–Kier alpha value is -1.84. The van der Waals surface area contributed by atoms with E-state index in [1.165, 1.54) is 6.07 Å². The van der Waals surface area contributed by atoms with Crippen molar-refractivity contribution in [2.45, 2.75) is 19.3 Å². The summed E-state index contributed by atoms with van der Waals surface area (Å²) in [5.41, 5.74) is 9.82. The third-order valence-corrected chi connectivity index (χ3v) is 4.50. The van der Waals surface area contributed by atoms with Crippen molar-refractivity contribution in [2.24, 2.45) is 5.73 Å². The van der Waals surface area contributed by atoms with Crippen LogP contribution in [0.3, 0.4) is 0 Å². The highest BCUT2D eigenvalue weighted by Gasteiger charge is 2.20. The smallest absolute Gasteiger partial charge is 0.127 e. The predicted octanol–water partition coefficient (Wildman–Crippen LogP) is 4.55. The lowest BCUT2D eigenvalue weighted by atomic mass is 9.90. The number of aromatic nitrogens is 1. The molecular weight excluding hydrogens is 299 g/mol. The fourth-order valence-corrected chi connectivity index (χ4v) is 3.34. The van der Waals surface area contributed by atoms with E-state index in [-0.39, 0.29) is 11.7 Å². The van der Waals surface area contributed by atoms with Crippen molar-refractivity contribution in [3.8, 4) is 0 Å². The summed E-state index contributed by atoms with van der Waals surface area (Å²) in [6, 6.07) is 12.9. The number of nitrogens with one attached hydrogen (secondary N) is 1. The van der Waals surface area contributed by atoms with Crippen molar-refractivity contribution in [2.75, 3.05) is 6.54 Å². The minimum atomic E-state index is -0.275. The summed E-state index contributed by atoms with van der Waals surface area (Å²) in [7, 11) is 0. The zero-order chi connectivity index (χ0) is 15.7. The molecule has 3 N–H and O–H groups in total. The summed E-state index contributed by atoms with van der Waals surface area (Å²) >= 11 is 6.16. The molecule has 3 rings (SSSR count). The normalized spacial score (nSPS) is 12.7. The van der Waals surface area contributed by atoms with Gasteiger partial charge >= 0.3 is 0 Å². The highest BCUT2D eigenvalue weighted by Crippen LogP contribution is 2.33. The number of para-hydroxylation sites is 1. The minimum absolute atomic E-state index is 0.0190. The van der Waals surface area contributed by atoms with Gasteiger partial charge in [0.25, 0.3) is 0 Å². The average molecular weight is 317 g/mol. The van der Waals surface area contributed by atoms with Crippen LogP contribution in [0, 0.1) is 12.7 Å². The van der Waals surface area contributed by atoms with E-state index in [2.05, 4.69) is 11.1 Å². The van der Waals surface area contributed by atoms with Gasteiger partial charge in [0.05, 0.1) is 0 Å². The second kappa shape index (κ2) is 6.11. The van der Waals surface area contributed by atoms with Crippen LogP contribution >= 0.6 is 11.6 Å². The lowest BCUT2D eigenvalue weighted by Gasteiger charge is -2.17. The molecule has 0 radical (unpaired) electrons. The zero-order valence-corrected chi connectivity index (χ0v) is 13.1. The molecule has 0 aliphatic carbocycles. The fraction of sp³-hybridized carbons (Fsp3) is 0.222. The third-order valence-electron chi connectivity index (χ3n) is 4.15. The van der Waals surface area contributed by atoms with Gasteiger partial charge < -0.3 is 10.7 Å². The first-order chi connectivity index (χ1) is 10.6. The first-order valence-electron chi connectivity index (χ1n) is 7.32. The molecule has 0 aliphatic rings. The lowest BCUT2D eigenvalue weighted by molar-refractivity contribution is 0.590. The molecule has 0 fully saturated rings. The van der Waals surface area contributed by atoms with E-state index in [1.807, 2.05) is 25.1 Å². The van der Waals surface area contributed by atoms with Gasteiger partial charge in [0, 0.05) is 33.1 Å². The second-order valence-corrected chi connectivity index (χ2v) is 5.95. The predicted molar refractivity (Wildman–Crippen MR) is 89.9 cm³/mol. The van der Waals surface area contributed by atoms with E-state index in [1.54, 1.807) is 12.1 Å². The number of nitrogens with two attached hydrogens (primary N) is 1. The quantitative estimate of drug-likeness (QED) is 0.728. The number of aromatic amines is 1. The first kappa shape index (κ1) is 15.1. The molecule has 0 saturated carbocycles. The Labute approximate surface area is 134 Å². The van der Waals surface area contributed by atoms with Crippen LogP contribution in [-0.4, -0.2) is 11.5 Å². The number of rotatable bonds is 4. The van der Waals surface area contributed by atoms with Gasteiger partial charge in [-0.15, -0.1) is 0 Å². The number of halogens is 2. The van der Waals surface area contributed by atoms with Gasteiger partial charge in [-0.1, -0.05) is 35.9 Å². The summed E-state index contributed by atoms with van der Waals surface area (Å²) in [6.45, 7) is 2.47. The van der Waals surface area contributed by atoms with Crippen LogP contribution in [-0.2, 0) is 6.42 Å². The molecule has 4 heteroatoms. The maximum atomic E-state index is 14.1. The van der Waals surface area contributed by atoms with E-state index in [0.717, 1.165) is 22.2 Å². The Kier molecular flexibility index (Phi) is 4.19. The third kappa shape index (κ3) is 2.62. The Bertz CT molecular complexity index is 790. The molecule has 3 aromatic rings. The highest BCUT2D eigenvalue weighted by atomic mass is 35.5. The number of hydrogen-bond acceptors (Lipinski definition) is 1. The van der Waals surface area contributed by atoms with Crippen molar-refractivity contribution >= 4 is 22.5 Å². The molecule has 0 bridgehead atoms. The summed E-state index contributed by atoms with van der Waals surface area (Å²) in [5.74, 6) is -0.256. The lowest BCUT2D eigenvalue weighted by Crippen LogP contribution is -2.16. The molecule has 22 heavy (non-hydrogen) atoms. The number of H-pyrrole nitrogens is 1. The van der Waals surface area contributed by atoms with Gasteiger partial charge in [-0.3, -0.25) is 0 Å². The molecule has 1 atom stereocenters. The van der Waals surface area contributed by atoms with E-state index < -0.39 is 0 Å². The molecule has 1 aromatic heterocycles. The van der Waals surface area contributed by atoms with Crippen LogP contribution < -0.4 is 5.73 Å². The molecule has 0 saturated heterocycles. The summed E-state index contributed by atoms with van der Waals surface area (Å²) in [4.78, 5) is 3.37. The van der Waals surface area contributed by atoms with Gasteiger partial charge in [-0.2, -0.15) is 0 Å². The van der Waals surface area contributed by atoms with Crippen molar-refractivity contribution in [3.63, 3.8) is 0 Å². The fourth-order valence-electron chi connectivity index (χ4n) is 3.10. The van der Waals surface area contributed by atoms with Gasteiger partial charge in [0.15, 0.2) is 0 Å². The molecule has 0 amide bonds. The second-order valence-electron chi connectivity index (χ2n) is 5.55. The average Bonchev–Trinajstić information content (AvgIpc) is 2.83. The topological polar surface area (TPSA) is 41.8 Å². The summed E-state index contributed by atoms with van der Waals surface area (Å²) in [6.07, 6.45) is 0.491. The van der Waals surface area contributed by atoms with Crippen LogP contribution in [0.2, 0.25) is 5.02 Å². The maximum Gasteiger partial charge on any atom is 0.127 e. The SMILES string of the molecule is Cc1[nH]c2ccccc2c1C(CN)Cc1c(F)cccc1Cl. The van der Waals surface area contributed by atoms with Crippen molar-refractivity contribution in [1.29, 1.82) is 0 Å². The van der Waals surface area contributed by atoms with Crippen LogP contribution in [0.15, 0.2) is 42.5 Å². The van der Waals surface area contributed by atoms with Crippen molar-refractivity contribution in [3.05, 3.63) is 70.1 Å². The molecule has 114 valence electrons. The maximum absolute atomic E-state index is 14.1. The van der Waals surface area contributed by atoms with Crippen molar-refractivity contribution in [1.82, 2.24) is 4.98 Å². The monoisotopic (exact) mass is 316 g/mol. The van der Waals surface area contributed by atoms with E-state index in [4.69, 9.17) is 17.3 Å². The molecular formula is C18H18ClFN2. The summed E-state index contributed by atoms with van der Waals surface area (Å²) < 4.78 is 14.1. The molecule has 2 nitrogen and oxygen atoms in total. The van der Waals surface area contributed by atoms with Crippen molar-refractivity contribution < 1.29 is 4.39 Å². The minimum Gasteiger partial charge on any atom is -0.358 e. The molecule has 2 aromatic carbocycles. The Balaban J connectivity index is 2.05. The van der Waals surface area contributed by atoms with E-state index >= 15 is 0 Å². The van der Waals surface area contributed by atoms with Gasteiger partial charge in [0.2, 0.25) is 0 Å². The number of hydrogen-bond donors (Lipinski definition) is 2. The van der Waals surface area contributed by atoms with Gasteiger partial charge in [-0.05, 0) is 43.7 Å². The van der Waals surface area contributed by atoms with Crippen LogP contribution in [0.1, 0.15) is 22.7 Å². The standard InChI is InChI=1S/C18H18ClFN2/c1-11-18(13-5-2-3-8-17(13)22-11)12(10-21)9-14-15(19)6-4-7-16(14)20/h2-8,12,22H,9-10,21H2,1H3. The summed E-state index contributed by atoms with van der Waals surface area (Å²) in [5, 5.41) is 1.60. The van der Waals surface area contributed by atoms with Crippen LogP contribution in [0.4, 0.5) is 4.39 Å². The van der Waals surface area contributed by atoms with E-state index in [0.29, 0.717) is 23.6 Å². The van der Waals surface area contributed by atoms with Gasteiger partial charge in [-0.25, -0.2) is 4.39 Å². The van der Waals surface area contributed by atoms with Gasteiger partial charge in [0.1, 0.15) is 5.82 Å². The number of benzene rings is 2. The Morgan fingerprint density at radius 1 is 1.18 bits per heavy atom. The number of fused-ring (bicyclic) bond motifs is 1. The molecule has 0 spiro atoms. The zero-order valence-electron chi connectivity index (χ0n) is 12.4. The number of aryl methyl sites for hydroxylation is 1. The van der Waals surface area contributed by atoms with Crippen LogP contribution in [0.25, 0.3) is 10.9 Å². The highest BCUT2D eigenvalue weighted by molar-refractivity contribution is 6.31. The Morgan fingerprint density at radius 2 is 1.95 bits per heavy atom. The largest absolute Gasteiger partial charge is 0.358 e. The first-order valence-corrected chi connectivity index (χ1v) is 7.69. The van der Waals surface area contributed by atoms with Crippen LogP contribution in [0.5, 0.6) is 0 Å². The molecule has 1 heterocycles. The molecule has 0 aliphatic heterocycles. The van der Waals surface area contributed by atoms with E-state index in [9.17, 15) is 4.39 Å². The Morgan fingerprint density at radius 3 is 2.68 bits per heavy atom. The molecule has 1 unspecified atom stereocenters.